The van der Waals surface area contributed by atoms with Gasteiger partial charge < -0.3 is 11.1 Å². The van der Waals surface area contributed by atoms with Gasteiger partial charge in [0.05, 0.1) is 11.3 Å². The Labute approximate surface area is 97.3 Å². The number of carbonyl (C=O) groups is 1. The summed E-state index contributed by atoms with van der Waals surface area (Å²) >= 11 is 1.24. The second-order valence-corrected chi connectivity index (χ2v) is 4.10. The molecule has 1 aromatic carbocycles. The summed E-state index contributed by atoms with van der Waals surface area (Å²) in [6, 6.07) is 9.60. The summed E-state index contributed by atoms with van der Waals surface area (Å²) in [5, 5.41) is 3.82. The van der Waals surface area contributed by atoms with Gasteiger partial charge in [-0.25, -0.2) is 0 Å². The number of aryl methyl sites for hydroxylation is 1. The van der Waals surface area contributed by atoms with Crippen LogP contribution in [0, 0.1) is 6.92 Å². The number of benzene rings is 1. The third kappa shape index (κ3) is 2.04. The van der Waals surface area contributed by atoms with E-state index in [9.17, 15) is 4.79 Å². The van der Waals surface area contributed by atoms with Crippen LogP contribution < -0.4 is 11.1 Å². The van der Waals surface area contributed by atoms with Crippen LogP contribution in [0.3, 0.4) is 0 Å². The molecule has 4 nitrogen and oxygen atoms in total. The van der Waals surface area contributed by atoms with Gasteiger partial charge in [-0.05, 0) is 30.6 Å². The third-order valence-electron chi connectivity index (χ3n) is 2.14. The average Bonchev–Trinajstić information content (AvgIpc) is 2.61. The number of hydrogen-bond donors (Lipinski definition) is 2. The van der Waals surface area contributed by atoms with Crippen molar-refractivity contribution >= 4 is 28.1 Å². The van der Waals surface area contributed by atoms with E-state index < -0.39 is 5.91 Å². The summed E-state index contributed by atoms with van der Waals surface area (Å²) in [5.41, 5.74) is 7.34. The van der Waals surface area contributed by atoms with Gasteiger partial charge in [0.2, 0.25) is 0 Å². The SMILES string of the molecule is Cc1nsc(Nc2ccccc2)c1C(N)=O. The lowest BCUT2D eigenvalue weighted by Crippen LogP contribution is -2.13. The quantitative estimate of drug-likeness (QED) is 0.854. The van der Waals surface area contributed by atoms with Gasteiger partial charge in [-0.2, -0.15) is 4.37 Å². The summed E-state index contributed by atoms with van der Waals surface area (Å²) in [4.78, 5) is 11.2. The molecule has 1 amide bonds. The Balaban J connectivity index is 2.32. The lowest BCUT2D eigenvalue weighted by atomic mass is 10.2. The van der Waals surface area contributed by atoms with E-state index in [1.54, 1.807) is 6.92 Å². The van der Waals surface area contributed by atoms with Crippen molar-refractivity contribution in [3.63, 3.8) is 0 Å². The Hall–Kier alpha value is -1.88. The molecule has 5 heteroatoms. The highest BCUT2D eigenvalue weighted by Crippen LogP contribution is 2.27. The number of primary amides is 1. The van der Waals surface area contributed by atoms with Gasteiger partial charge in [-0.15, -0.1) is 0 Å². The van der Waals surface area contributed by atoms with Crippen LogP contribution in [0.5, 0.6) is 0 Å². The van der Waals surface area contributed by atoms with Crippen LogP contribution in [0.2, 0.25) is 0 Å². The normalized spacial score (nSPS) is 10.1. The highest BCUT2D eigenvalue weighted by atomic mass is 32.1. The Morgan fingerprint density at radius 2 is 2.06 bits per heavy atom. The van der Waals surface area contributed by atoms with Crippen LogP contribution in [0.15, 0.2) is 30.3 Å². The maximum Gasteiger partial charge on any atom is 0.253 e. The maximum absolute atomic E-state index is 11.2. The van der Waals surface area contributed by atoms with Gasteiger partial charge >= 0.3 is 0 Å². The predicted molar refractivity (Wildman–Crippen MR) is 65.1 cm³/mol. The van der Waals surface area contributed by atoms with Crippen molar-refractivity contribution in [3.8, 4) is 0 Å². The molecule has 2 aromatic rings. The van der Waals surface area contributed by atoms with Crippen LogP contribution in [-0.2, 0) is 0 Å². The fraction of sp³-hybridized carbons (Fsp3) is 0.0909. The smallest absolute Gasteiger partial charge is 0.253 e. The van der Waals surface area contributed by atoms with Gasteiger partial charge in [-0.3, -0.25) is 4.79 Å². The molecular formula is C11H11N3OS. The lowest BCUT2D eigenvalue weighted by Gasteiger charge is -2.04. The molecule has 1 heterocycles. The van der Waals surface area contributed by atoms with E-state index in [-0.39, 0.29) is 0 Å². The molecule has 16 heavy (non-hydrogen) atoms. The number of hydrogen-bond acceptors (Lipinski definition) is 4. The van der Waals surface area contributed by atoms with Gasteiger partial charge in [0.15, 0.2) is 0 Å². The summed E-state index contributed by atoms with van der Waals surface area (Å²) in [6.45, 7) is 1.77. The molecule has 0 fully saturated rings. The molecule has 0 aliphatic rings. The molecule has 3 N–H and O–H groups in total. The monoisotopic (exact) mass is 233 g/mol. The minimum Gasteiger partial charge on any atom is -0.365 e. The lowest BCUT2D eigenvalue weighted by molar-refractivity contribution is 0.100. The second kappa shape index (κ2) is 4.32. The van der Waals surface area contributed by atoms with E-state index in [1.807, 2.05) is 30.3 Å². The molecule has 2 rings (SSSR count). The van der Waals surface area contributed by atoms with E-state index in [2.05, 4.69) is 9.69 Å². The molecule has 0 saturated heterocycles. The molecular weight excluding hydrogens is 222 g/mol. The van der Waals surface area contributed by atoms with Crippen molar-refractivity contribution in [1.82, 2.24) is 4.37 Å². The highest BCUT2D eigenvalue weighted by Gasteiger charge is 2.15. The van der Waals surface area contributed by atoms with E-state index >= 15 is 0 Å². The molecule has 0 spiro atoms. The maximum atomic E-state index is 11.2. The van der Waals surface area contributed by atoms with Crippen molar-refractivity contribution < 1.29 is 4.79 Å². The van der Waals surface area contributed by atoms with E-state index in [0.717, 1.165) is 5.69 Å². The van der Waals surface area contributed by atoms with E-state index in [0.29, 0.717) is 16.3 Å². The molecule has 1 aromatic heterocycles. The van der Waals surface area contributed by atoms with Crippen LogP contribution in [0.4, 0.5) is 10.7 Å². The molecule has 0 atom stereocenters. The van der Waals surface area contributed by atoms with E-state index in [4.69, 9.17) is 5.73 Å². The molecule has 0 radical (unpaired) electrons. The van der Waals surface area contributed by atoms with Crippen LogP contribution in [-0.4, -0.2) is 10.3 Å². The first-order chi connectivity index (χ1) is 7.68. The summed E-state index contributed by atoms with van der Waals surface area (Å²) in [7, 11) is 0. The zero-order valence-electron chi connectivity index (χ0n) is 8.73. The summed E-state index contributed by atoms with van der Waals surface area (Å²) in [5.74, 6) is -0.454. The largest absolute Gasteiger partial charge is 0.365 e. The Bertz CT molecular complexity index is 507. The zero-order valence-corrected chi connectivity index (χ0v) is 9.54. The highest BCUT2D eigenvalue weighted by molar-refractivity contribution is 7.10. The fourth-order valence-electron chi connectivity index (χ4n) is 1.40. The number of amides is 1. The third-order valence-corrected chi connectivity index (χ3v) is 2.99. The molecule has 0 aliphatic heterocycles. The number of rotatable bonds is 3. The van der Waals surface area contributed by atoms with Crippen LogP contribution in [0.25, 0.3) is 0 Å². The number of aromatic nitrogens is 1. The Morgan fingerprint density at radius 1 is 1.38 bits per heavy atom. The molecule has 0 saturated carbocycles. The number of carbonyl (C=O) groups excluding carboxylic acids is 1. The number of nitrogens with two attached hydrogens (primary N) is 1. The Morgan fingerprint density at radius 3 is 2.69 bits per heavy atom. The van der Waals surface area contributed by atoms with Crippen LogP contribution in [0.1, 0.15) is 16.1 Å². The number of nitrogens with zero attached hydrogens (tertiary/aromatic N) is 1. The van der Waals surface area contributed by atoms with E-state index in [1.165, 1.54) is 11.5 Å². The number of para-hydroxylation sites is 1. The molecule has 0 bridgehead atoms. The molecule has 0 aliphatic carbocycles. The van der Waals surface area contributed by atoms with Gasteiger partial charge in [-0.1, -0.05) is 18.2 Å². The van der Waals surface area contributed by atoms with Gasteiger partial charge in [0, 0.05) is 5.69 Å². The number of anilines is 2. The Kier molecular flexibility index (Phi) is 2.87. The fourth-order valence-corrected chi connectivity index (χ4v) is 2.22. The topological polar surface area (TPSA) is 68.0 Å². The minimum absolute atomic E-state index is 0.454. The summed E-state index contributed by atoms with van der Waals surface area (Å²) < 4.78 is 4.11. The standard InChI is InChI=1S/C11H11N3OS/c1-7-9(10(12)15)11(16-14-7)13-8-5-3-2-4-6-8/h2-6,13H,1H3,(H2,12,15). The van der Waals surface area contributed by atoms with Crippen molar-refractivity contribution in [2.24, 2.45) is 5.73 Å². The molecule has 82 valence electrons. The number of nitrogens with one attached hydrogen (secondary N) is 1. The second-order valence-electron chi connectivity index (χ2n) is 3.33. The predicted octanol–water partition coefficient (Wildman–Crippen LogP) is 2.29. The first-order valence-electron chi connectivity index (χ1n) is 4.76. The van der Waals surface area contributed by atoms with Crippen molar-refractivity contribution in [2.75, 3.05) is 5.32 Å². The zero-order chi connectivity index (χ0) is 11.5. The van der Waals surface area contributed by atoms with Crippen molar-refractivity contribution in [1.29, 1.82) is 0 Å². The van der Waals surface area contributed by atoms with Crippen LogP contribution >= 0.6 is 11.5 Å². The van der Waals surface area contributed by atoms with Gasteiger partial charge in [0.25, 0.3) is 5.91 Å². The first kappa shape index (κ1) is 10.6. The molecule has 0 unspecified atom stereocenters. The summed E-state index contributed by atoms with van der Waals surface area (Å²) in [6.07, 6.45) is 0. The van der Waals surface area contributed by atoms with Gasteiger partial charge in [0.1, 0.15) is 5.00 Å². The average molecular weight is 233 g/mol. The van der Waals surface area contributed by atoms with Crippen molar-refractivity contribution in [2.45, 2.75) is 6.92 Å². The first-order valence-corrected chi connectivity index (χ1v) is 5.54. The minimum atomic E-state index is -0.454. The van der Waals surface area contributed by atoms with Crippen molar-refractivity contribution in [3.05, 3.63) is 41.6 Å².